The molecule has 3 heterocycles. The number of nitrogens with zero attached hydrogens (tertiary/aromatic N) is 5. The van der Waals surface area contributed by atoms with Gasteiger partial charge in [-0.1, -0.05) is 25.7 Å². The molecule has 0 aliphatic carbocycles. The van der Waals surface area contributed by atoms with E-state index in [9.17, 15) is 22.8 Å². The Morgan fingerprint density at radius 1 is 1.20 bits per heavy atom. The van der Waals surface area contributed by atoms with Crippen LogP contribution in [-0.2, 0) is 22.4 Å². The third-order valence-electron chi connectivity index (χ3n) is 7.31. The molecule has 15 heteroatoms. The fraction of sp³-hybridized carbons (Fsp3) is 0.452. The van der Waals surface area contributed by atoms with E-state index < -0.39 is 31.4 Å². The fourth-order valence-electron chi connectivity index (χ4n) is 4.86. The molecule has 0 radical (unpaired) electrons. The number of amides is 1. The van der Waals surface area contributed by atoms with E-state index in [2.05, 4.69) is 40.4 Å². The first-order valence-corrected chi connectivity index (χ1v) is 18.7. The number of aromatic nitrogens is 3. The van der Waals surface area contributed by atoms with E-state index in [0.717, 1.165) is 16.9 Å². The van der Waals surface area contributed by atoms with Crippen LogP contribution in [0.1, 0.15) is 30.4 Å². The van der Waals surface area contributed by atoms with Gasteiger partial charge in [0, 0.05) is 52.1 Å². The molecule has 2 aromatic heterocycles. The van der Waals surface area contributed by atoms with Crippen LogP contribution < -0.4 is 25.8 Å². The van der Waals surface area contributed by atoms with Crippen LogP contribution in [0.25, 0.3) is 0 Å². The van der Waals surface area contributed by atoms with Gasteiger partial charge in [0.25, 0.3) is 5.56 Å². The van der Waals surface area contributed by atoms with Crippen LogP contribution in [0.15, 0.2) is 53.6 Å². The van der Waals surface area contributed by atoms with Crippen molar-refractivity contribution in [2.75, 3.05) is 41.8 Å². The van der Waals surface area contributed by atoms with Crippen molar-refractivity contribution >= 4 is 31.2 Å². The number of alkyl halides is 3. The van der Waals surface area contributed by atoms with Gasteiger partial charge >= 0.3 is 6.18 Å². The van der Waals surface area contributed by atoms with E-state index >= 15 is 0 Å². The smallest absolute Gasteiger partial charge is 0.423 e. The summed E-state index contributed by atoms with van der Waals surface area (Å²) in [7, 11) is -1.41. The number of carbonyl (C=O) groups is 1. The zero-order chi connectivity index (χ0) is 33.3. The molecular weight excluding hydrogens is 619 g/mol. The third kappa shape index (κ3) is 9.79. The maximum absolute atomic E-state index is 14.2. The Labute approximate surface area is 266 Å². The molecular formula is C31H38F3N7O4Si. The lowest BCUT2D eigenvalue weighted by molar-refractivity contribution is -0.138. The number of nitrogens with one attached hydrogen (secondary N) is 2. The van der Waals surface area contributed by atoms with Crippen molar-refractivity contribution in [2.24, 2.45) is 0 Å². The molecule has 246 valence electrons. The zero-order valence-electron chi connectivity index (χ0n) is 26.1. The average molecular weight is 658 g/mol. The minimum Gasteiger partial charge on any atom is -0.491 e. The summed E-state index contributed by atoms with van der Waals surface area (Å²) in [5, 5.41) is 18.7. The Balaban J connectivity index is 1.35. The van der Waals surface area contributed by atoms with Crippen LogP contribution in [0.2, 0.25) is 25.7 Å². The van der Waals surface area contributed by atoms with Gasteiger partial charge in [0.05, 0.1) is 23.5 Å². The third-order valence-corrected chi connectivity index (χ3v) is 9.02. The van der Waals surface area contributed by atoms with Crippen LogP contribution >= 0.6 is 0 Å². The second-order valence-corrected chi connectivity index (χ2v) is 17.8. The predicted molar refractivity (Wildman–Crippen MR) is 171 cm³/mol. The van der Waals surface area contributed by atoms with Crippen LogP contribution in [0.4, 0.5) is 30.4 Å². The number of rotatable bonds is 14. The summed E-state index contributed by atoms with van der Waals surface area (Å²) >= 11 is 0. The van der Waals surface area contributed by atoms with E-state index in [1.165, 1.54) is 11.1 Å². The van der Waals surface area contributed by atoms with Gasteiger partial charge < -0.3 is 25.0 Å². The molecule has 2 N–H and O–H groups in total. The highest BCUT2D eigenvalue weighted by Gasteiger charge is 2.41. The monoisotopic (exact) mass is 657 g/mol. The Kier molecular flexibility index (Phi) is 11.4. The molecule has 46 heavy (non-hydrogen) atoms. The van der Waals surface area contributed by atoms with Crippen LogP contribution in [-0.4, -0.2) is 61.1 Å². The lowest BCUT2D eigenvalue weighted by Crippen LogP contribution is -2.40. The summed E-state index contributed by atoms with van der Waals surface area (Å²) in [5.74, 6) is 0.734. The normalized spacial score (nSPS) is 15.0. The van der Waals surface area contributed by atoms with Gasteiger partial charge in [-0.3, -0.25) is 9.59 Å². The molecule has 1 aliphatic rings. The molecule has 3 aromatic rings. The highest BCUT2D eigenvalue weighted by Crippen LogP contribution is 2.36. The SMILES string of the molecule is C[Si](C)(C)CCOCn1ncc(N2CCCC2COc2cccc(NC(=O)CCNc3ccc(C#N)cn3)c2)c(C(F)(F)F)c1=O. The van der Waals surface area contributed by atoms with Crippen molar-refractivity contribution in [1.82, 2.24) is 14.8 Å². The highest BCUT2D eigenvalue weighted by molar-refractivity contribution is 6.76. The molecule has 1 amide bonds. The number of nitriles is 1. The Bertz CT molecular complexity index is 1590. The Morgan fingerprint density at radius 3 is 2.70 bits per heavy atom. The van der Waals surface area contributed by atoms with E-state index in [1.807, 2.05) is 6.07 Å². The lowest BCUT2D eigenvalue weighted by atomic mass is 10.2. The minimum absolute atomic E-state index is 0.0685. The molecule has 1 fully saturated rings. The molecule has 1 aromatic carbocycles. The molecule has 0 spiro atoms. The van der Waals surface area contributed by atoms with Gasteiger partial charge in [-0.05, 0) is 43.2 Å². The number of hydrogen-bond acceptors (Lipinski definition) is 9. The van der Waals surface area contributed by atoms with E-state index in [1.54, 1.807) is 36.4 Å². The Morgan fingerprint density at radius 2 is 2.00 bits per heavy atom. The standard InChI is InChI=1S/C31H38F3N7O4Si/c1-46(2,3)15-14-44-21-41-30(43)29(31(32,33)34)26(19-38-41)40-13-5-7-24(40)20-45-25-8-4-6-23(16-25)39-28(42)11-12-36-27-10-9-22(17-35)18-37-27/h4,6,8-10,16,18-19,24H,5,7,11-15,20-21H2,1-3H3,(H,36,37)(H,39,42). The zero-order valence-corrected chi connectivity index (χ0v) is 27.1. The Hall–Kier alpha value is -4.42. The van der Waals surface area contributed by atoms with Crippen molar-refractivity contribution in [3.63, 3.8) is 0 Å². The number of pyridine rings is 1. The minimum atomic E-state index is -4.88. The van der Waals surface area contributed by atoms with Gasteiger partial charge in [-0.15, -0.1) is 0 Å². The number of halogens is 3. The summed E-state index contributed by atoms with van der Waals surface area (Å²) in [5.41, 5.74) is -1.84. The molecule has 0 saturated carbocycles. The number of ether oxygens (including phenoxy) is 2. The maximum atomic E-state index is 14.2. The van der Waals surface area contributed by atoms with Gasteiger partial charge in [0.2, 0.25) is 5.91 Å². The first-order chi connectivity index (χ1) is 21.8. The quantitative estimate of drug-likeness (QED) is 0.174. The maximum Gasteiger partial charge on any atom is 0.423 e. The highest BCUT2D eigenvalue weighted by atomic mass is 28.3. The second-order valence-electron chi connectivity index (χ2n) is 12.2. The van der Waals surface area contributed by atoms with Crippen molar-refractivity contribution in [1.29, 1.82) is 5.26 Å². The summed E-state index contributed by atoms with van der Waals surface area (Å²) < 4.78 is 54.8. The van der Waals surface area contributed by atoms with Crippen LogP contribution in [0.5, 0.6) is 5.75 Å². The number of benzene rings is 1. The summed E-state index contributed by atoms with van der Waals surface area (Å²) in [6.07, 6.45) is -1.01. The number of anilines is 3. The van der Waals surface area contributed by atoms with Gasteiger partial charge in [0.15, 0.2) is 0 Å². The molecule has 1 aliphatic heterocycles. The topological polar surface area (TPSA) is 134 Å². The van der Waals surface area contributed by atoms with Crippen molar-refractivity contribution in [3.05, 3.63) is 70.3 Å². The summed E-state index contributed by atoms with van der Waals surface area (Å²) in [6, 6.07) is 12.4. The molecule has 1 unspecified atom stereocenters. The van der Waals surface area contributed by atoms with E-state index in [4.69, 9.17) is 14.7 Å². The molecule has 4 rings (SSSR count). The van der Waals surface area contributed by atoms with Crippen molar-refractivity contribution < 1.29 is 27.4 Å². The van der Waals surface area contributed by atoms with E-state index in [0.29, 0.717) is 55.4 Å². The average Bonchev–Trinajstić information content (AvgIpc) is 3.47. The summed E-state index contributed by atoms with van der Waals surface area (Å²) in [4.78, 5) is 31.1. The lowest BCUT2D eigenvalue weighted by Gasteiger charge is -2.29. The van der Waals surface area contributed by atoms with Gasteiger partial charge in [-0.2, -0.15) is 23.5 Å². The number of carbonyl (C=O) groups excluding carboxylic acids is 1. The number of hydrogen-bond donors (Lipinski definition) is 2. The summed E-state index contributed by atoms with van der Waals surface area (Å²) in [6.45, 7) is 7.17. The van der Waals surface area contributed by atoms with Crippen LogP contribution in [0.3, 0.4) is 0 Å². The fourth-order valence-corrected chi connectivity index (χ4v) is 5.62. The second kappa shape index (κ2) is 15.2. The first-order valence-electron chi connectivity index (χ1n) is 15.0. The van der Waals surface area contributed by atoms with Crippen molar-refractivity contribution in [2.45, 2.75) is 63.9 Å². The van der Waals surface area contributed by atoms with Crippen molar-refractivity contribution in [3.8, 4) is 11.8 Å². The molecule has 0 bridgehead atoms. The molecule has 1 saturated heterocycles. The van der Waals surface area contributed by atoms with Gasteiger partial charge in [-0.25, -0.2) is 9.67 Å². The molecule has 1 atom stereocenters. The predicted octanol–water partition coefficient (Wildman–Crippen LogP) is 5.33. The largest absolute Gasteiger partial charge is 0.491 e. The van der Waals surface area contributed by atoms with Gasteiger partial charge in [0.1, 0.15) is 36.5 Å². The van der Waals surface area contributed by atoms with Crippen LogP contribution in [0, 0.1) is 11.3 Å². The van der Waals surface area contributed by atoms with E-state index in [-0.39, 0.29) is 31.4 Å². The first kappa shape index (κ1) is 34.5. The molecule has 11 nitrogen and oxygen atoms in total.